The van der Waals surface area contributed by atoms with Crippen LogP contribution in [0.2, 0.25) is 0 Å². The molecule has 0 fully saturated rings. The second kappa shape index (κ2) is 7.47. The predicted molar refractivity (Wildman–Crippen MR) is 113 cm³/mol. The van der Waals surface area contributed by atoms with Crippen molar-refractivity contribution in [1.29, 1.82) is 0 Å². The number of fused-ring (bicyclic) bond motifs is 2. The zero-order valence-electron chi connectivity index (χ0n) is 15.3. The molecule has 0 aliphatic rings. The molecule has 3 aromatic carbocycles. The fourth-order valence-electron chi connectivity index (χ4n) is 3.14. The summed E-state index contributed by atoms with van der Waals surface area (Å²) in [5, 5.41) is 6.24. The number of para-hydroxylation sites is 1. The number of carbonyl (C=O) groups excluding carboxylic acids is 1. The van der Waals surface area contributed by atoms with E-state index in [2.05, 4.69) is 18.3 Å². The highest BCUT2D eigenvalue weighted by Crippen LogP contribution is 2.29. The maximum absolute atomic E-state index is 12.6. The van der Waals surface area contributed by atoms with Gasteiger partial charge in [0.2, 0.25) is 5.91 Å². The van der Waals surface area contributed by atoms with Crippen LogP contribution < -0.4 is 5.32 Å². The van der Waals surface area contributed by atoms with E-state index < -0.39 is 0 Å². The van der Waals surface area contributed by atoms with E-state index in [1.54, 1.807) is 11.3 Å². The summed E-state index contributed by atoms with van der Waals surface area (Å²) in [5.74, 6) is -0.0261. The minimum absolute atomic E-state index is 0.0261. The molecule has 0 radical (unpaired) electrons. The van der Waals surface area contributed by atoms with Gasteiger partial charge in [-0.05, 0) is 37.6 Å². The van der Waals surface area contributed by atoms with Gasteiger partial charge in [0, 0.05) is 11.1 Å². The van der Waals surface area contributed by atoms with Gasteiger partial charge in [0.1, 0.15) is 5.01 Å². The molecule has 4 aromatic rings. The van der Waals surface area contributed by atoms with Gasteiger partial charge in [0.25, 0.3) is 0 Å². The fraction of sp³-hybridized carbons (Fsp3) is 0.182. The van der Waals surface area contributed by atoms with Crippen molar-refractivity contribution in [3.05, 3.63) is 71.7 Å². The SMILES string of the molecule is C[C@H](c1nc2ccccc2s1)N(C)CC(=O)Nc1cccc2ccccc12. The Hall–Kier alpha value is -2.76. The molecular weight excluding hydrogens is 354 g/mol. The molecule has 0 spiro atoms. The van der Waals surface area contributed by atoms with Crippen LogP contribution in [0.5, 0.6) is 0 Å². The summed E-state index contributed by atoms with van der Waals surface area (Å²) in [6.07, 6.45) is 0. The standard InChI is InChI=1S/C22H21N3OS/c1-15(22-24-19-11-5-6-13-20(19)27-22)25(2)14-21(26)23-18-12-7-9-16-8-3-4-10-17(16)18/h3-13,15H,14H2,1-2H3,(H,23,26)/t15-/m1/s1. The van der Waals surface area contributed by atoms with Gasteiger partial charge in [-0.2, -0.15) is 0 Å². The maximum Gasteiger partial charge on any atom is 0.238 e. The number of rotatable bonds is 5. The molecule has 1 heterocycles. The maximum atomic E-state index is 12.6. The van der Waals surface area contributed by atoms with Crippen LogP contribution in [-0.2, 0) is 4.79 Å². The number of nitrogens with zero attached hydrogens (tertiary/aromatic N) is 2. The van der Waals surface area contributed by atoms with Gasteiger partial charge in [-0.15, -0.1) is 11.3 Å². The van der Waals surface area contributed by atoms with Crippen molar-refractivity contribution in [2.75, 3.05) is 18.9 Å². The van der Waals surface area contributed by atoms with E-state index in [4.69, 9.17) is 4.98 Å². The Kier molecular flexibility index (Phi) is 4.88. The van der Waals surface area contributed by atoms with E-state index in [1.165, 1.54) is 4.70 Å². The first-order chi connectivity index (χ1) is 13.1. The Morgan fingerprint density at radius 2 is 1.81 bits per heavy atom. The first kappa shape index (κ1) is 17.6. The van der Waals surface area contributed by atoms with Crippen molar-refractivity contribution < 1.29 is 4.79 Å². The van der Waals surface area contributed by atoms with Crippen LogP contribution in [0.15, 0.2) is 66.7 Å². The zero-order chi connectivity index (χ0) is 18.8. The van der Waals surface area contributed by atoms with Crippen LogP contribution in [0.4, 0.5) is 5.69 Å². The molecule has 136 valence electrons. The quantitative estimate of drug-likeness (QED) is 0.529. The third-order valence-corrected chi connectivity index (χ3v) is 5.99. The van der Waals surface area contributed by atoms with Gasteiger partial charge >= 0.3 is 0 Å². The van der Waals surface area contributed by atoms with Gasteiger partial charge in [-0.1, -0.05) is 48.5 Å². The minimum atomic E-state index is -0.0261. The molecule has 0 aliphatic carbocycles. The number of hydrogen-bond donors (Lipinski definition) is 1. The summed E-state index contributed by atoms with van der Waals surface area (Å²) in [6, 6.07) is 22.2. The Labute approximate surface area is 162 Å². The number of aromatic nitrogens is 1. The lowest BCUT2D eigenvalue weighted by atomic mass is 10.1. The van der Waals surface area contributed by atoms with Crippen molar-refractivity contribution in [2.45, 2.75) is 13.0 Å². The molecule has 0 saturated heterocycles. The zero-order valence-corrected chi connectivity index (χ0v) is 16.2. The first-order valence-electron chi connectivity index (χ1n) is 8.95. The van der Waals surface area contributed by atoms with Crippen LogP contribution >= 0.6 is 11.3 Å². The van der Waals surface area contributed by atoms with E-state index in [0.29, 0.717) is 6.54 Å². The lowest BCUT2D eigenvalue weighted by molar-refractivity contribution is -0.117. The Balaban J connectivity index is 1.47. The van der Waals surface area contributed by atoms with Gasteiger partial charge in [-0.3, -0.25) is 9.69 Å². The van der Waals surface area contributed by atoms with Crippen LogP contribution in [0.1, 0.15) is 18.0 Å². The molecule has 27 heavy (non-hydrogen) atoms. The number of carbonyl (C=O) groups is 1. The molecule has 0 saturated carbocycles. The van der Waals surface area contributed by atoms with E-state index in [9.17, 15) is 4.79 Å². The van der Waals surface area contributed by atoms with Gasteiger partial charge < -0.3 is 5.32 Å². The third kappa shape index (κ3) is 3.70. The van der Waals surface area contributed by atoms with E-state index in [-0.39, 0.29) is 11.9 Å². The highest BCUT2D eigenvalue weighted by atomic mass is 32.1. The van der Waals surface area contributed by atoms with Crippen molar-refractivity contribution in [1.82, 2.24) is 9.88 Å². The fourth-order valence-corrected chi connectivity index (χ4v) is 4.23. The molecule has 1 amide bonds. The van der Waals surface area contributed by atoms with E-state index in [1.807, 2.05) is 72.6 Å². The molecule has 1 aromatic heterocycles. The van der Waals surface area contributed by atoms with Gasteiger partial charge in [0.05, 0.1) is 22.8 Å². The highest BCUT2D eigenvalue weighted by molar-refractivity contribution is 7.18. The highest BCUT2D eigenvalue weighted by Gasteiger charge is 2.18. The average molecular weight is 375 g/mol. The molecule has 4 nitrogen and oxygen atoms in total. The molecule has 0 aliphatic heterocycles. The normalized spacial score (nSPS) is 12.6. The number of amides is 1. The van der Waals surface area contributed by atoms with Crippen molar-refractivity contribution in [2.24, 2.45) is 0 Å². The van der Waals surface area contributed by atoms with Gasteiger partial charge in [-0.25, -0.2) is 4.98 Å². The number of likely N-dealkylation sites (N-methyl/N-ethyl adjacent to an activating group) is 1. The van der Waals surface area contributed by atoms with E-state index in [0.717, 1.165) is 27.0 Å². The first-order valence-corrected chi connectivity index (χ1v) is 9.77. The van der Waals surface area contributed by atoms with Crippen molar-refractivity contribution in [3.63, 3.8) is 0 Å². The molecule has 4 rings (SSSR count). The molecule has 0 bridgehead atoms. The Morgan fingerprint density at radius 3 is 2.67 bits per heavy atom. The van der Waals surface area contributed by atoms with Crippen LogP contribution in [0.25, 0.3) is 21.0 Å². The summed E-state index contributed by atoms with van der Waals surface area (Å²) in [7, 11) is 1.96. The van der Waals surface area contributed by atoms with Crippen LogP contribution in [0.3, 0.4) is 0 Å². The van der Waals surface area contributed by atoms with Crippen LogP contribution in [-0.4, -0.2) is 29.4 Å². The molecular formula is C22H21N3OS. The Bertz CT molecular complexity index is 1070. The summed E-state index contributed by atoms with van der Waals surface area (Å²) >= 11 is 1.68. The topological polar surface area (TPSA) is 45.2 Å². The molecule has 0 unspecified atom stereocenters. The summed E-state index contributed by atoms with van der Waals surface area (Å²) < 4.78 is 1.17. The van der Waals surface area contributed by atoms with Crippen LogP contribution in [0, 0.1) is 0 Å². The molecule has 1 atom stereocenters. The Morgan fingerprint density at radius 1 is 1.07 bits per heavy atom. The lowest BCUT2D eigenvalue weighted by Crippen LogP contribution is -2.32. The molecule has 5 heteroatoms. The number of benzene rings is 3. The monoisotopic (exact) mass is 375 g/mol. The molecule has 1 N–H and O–H groups in total. The minimum Gasteiger partial charge on any atom is -0.324 e. The van der Waals surface area contributed by atoms with Crippen molar-refractivity contribution >= 4 is 43.9 Å². The average Bonchev–Trinajstić information content (AvgIpc) is 3.11. The predicted octanol–water partition coefficient (Wildman–Crippen LogP) is 5.08. The number of thiazole rings is 1. The summed E-state index contributed by atoms with van der Waals surface area (Å²) in [5.41, 5.74) is 1.86. The van der Waals surface area contributed by atoms with Gasteiger partial charge in [0.15, 0.2) is 0 Å². The number of anilines is 1. The summed E-state index contributed by atoms with van der Waals surface area (Å²) in [6.45, 7) is 2.39. The summed E-state index contributed by atoms with van der Waals surface area (Å²) in [4.78, 5) is 19.3. The second-order valence-electron chi connectivity index (χ2n) is 6.69. The smallest absolute Gasteiger partial charge is 0.238 e. The largest absolute Gasteiger partial charge is 0.324 e. The second-order valence-corrected chi connectivity index (χ2v) is 7.75. The van der Waals surface area contributed by atoms with E-state index >= 15 is 0 Å². The third-order valence-electron chi connectivity index (χ3n) is 4.79. The number of hydrogen-bond acceptors (Lipinski definition) is 4. The number of nitrogens with one attached hydrogen (secondary N) is 1. The van der Waals surface area contributed by atoms with Crippen molar-refractivity contribution in [3.8, 4) is 0 Å². The lowest BCUT2D eigenvalue weighted by Gasteiger charge is -2.22.